The quantitative estimate of drug-likeness (QED) is 0.461. The van der Waals surface area contributed by atoms with Crippen LogP contribution in [0.1, 0.15) is 20.9 Å². The Morgan fingerprint density at radius 3 is 2.45 bits per heavy atom. The lowest BCUT2D eigenvalue weighted by Gasteiger charge is -2.06. The van der Waals surface area contributed by atoms with E-state index in [4.69, 9.17) is 4.42 Å². The maximum atomic E-state index is 12.8. The molecule has 4 aromatic rings. The molecule has 0 saturated carbocycles. The molecule has 146 valence electrons. The standard InChI is InChI=1S/C21H18N4O3S/c26-20(22-10-11-23-21(27)17-8-4-12-28-17)16-14-25(15-6-2-1-3-7-15)24-19(16)18-9-5-13-29-18/h1-9,12-14H,10-11H2,(H,22,26)(H,23,27). The molecule has 0 aliphatic carbocycles. The van der Waals surface area contributed by atoms with Crippen molar-refractivity contribution in [2.45, 2.75) is 0 Å². The van der Waals surface area contributed by atoms with Crippen LogP contribution >= 0.6 is 11.3 Å². The molecule has 0 aliphatic rings. The summed E-state index contributed by atoms with van der Waals surface area (Å²) in [6.45, 7) is 0.568. The van der Waals surface area contributed by atoms with E-state index in [1.807, 2.05) is 47.8 Å². The third kappa shape index (κ3) is 4.27. The lowest BCUT2D eigenvalue weighted by molar-refractivity contribution is 0.0911. The smallest absolute Gasteiger partial charge is 0.287 e. The molecule has 0 saturated heterocycles. The molecule has 0 aliphatic heterocycles. The molecular weight excluding hydrogens is 388 g/mol. The summed E-state index contributed by atoms with van der Waals surface area (Å²) in [6, 6.07) is 16.7. The highest BCUT2D eigenvalue weighted by molar-refractivity contribution is 7.13. The minimum absolute atomic E-state index is 0.237. The van der Waals surface area contributed by atoms with Gasteiger partial charge in [0, 0.05) is 19.3 Å². The molecule has 1 aromatic carbocycles. The maximum Gasteiger partial charge on any atom is 0.287 e. The van der Waals surface area contributed by atoms with Crippen molar-refractivity contribution in [3.8, 4) is 16.3 Å². The van der Waals surface area contributed by atoms with Crippen molar-refractivity contribution < 1.29 is 14.0 Å². The molecule has 3 heterocycles. The summed E-state index contributed by atoms with van der Waals surface area (Å²) in [6.07, 6.45) is 3.16. The number of para-hydroxylation sites is 1. The van der Waals surface area contributed by atoms with Gasteiger partial charge in [-0.1, -0.05) is 24.3 Å². The predicted octanol–water partition coefficient (Wildman–Crippen LogP) is 3.35. The zero-order valence-corrected chi connectivity index (χ0v) is 16.2. The topological polar surface area (TPSA) is 89.2 Å². The van der Waals surface area contributed by atoms with E-state index < -0.39 is 0 Å². The molecule has 0 fully saturated rings. The number of aromatic nitrogens is 2. The van der Waals surface area contributed by atoms with Gasteiger partial charge in [0.15, 0.2) is 5.76 Å². The molecule has 7 nitrogen and oxygen atoms in total. The Morgan fingerprint density at radius 2 is 1.76 bits per heavy atom. The van der Waals surface area contributed by atoms with Crippen molar-refractivity contribution in [1.29, 1.82) is 0 Å². The summed E-state index contributed by atoms with van der Waals surface area (Å²) < 4.78 is 6.73. The van der Waals surface area contributed by atoms with Crippen molar-refractivity contribution in [2.24, 2.45) is 0 Å². The second kappa shape index (κ2) is 8.57. The van der Waals surface area contributed by atoms with Crippen LogP contribution in [0.15, 0.2) is 76.9 Å². The maximum absolute atomic E-state index is 12.8. The highest BCUT2D eigenvalue weighted by Gasteiger charge is 2.19. The molecule has 2 amide bonds. The summed E-state index contributed by atoms with van der Waals surface area (Å²) in [4.78, 5) is 25.6. The van der Waals surface area contributed by atoms with E-state index in [1.54, 1.807) is 23.0 Å². The Bertz CT molecular complexity index is 1090. The third-order valence-electron chi connectivity index (χ3n) is 4.18. The molecule has 29 heavy (non-hydrogen) atoms. The number of amides is 2. The number of nitrogens with zero attached hydrogens (tertiary/aromatic N) is 2. The van der Waals surface area contributed by atoms with Crippen molar-refractivity contribution in [3.05, 3.63) is 83.8 Å². The van der Waals surface area contributed by atoms with Gasteiger partial charge < -0.3 is 15.1 Å². The average Bonchev–Trinajstić information content (AvgIpc) is 3.51. The summed E-state index contributed by atoms with van der Waals surface area (Å²) in [7, 11) is 0. The van der Waals surface area contributed by atoms with Crippen LogP contribution in [-0.4, -0.2) is 34.7 Å². The van der Waals surface area contributed by atoms with Gasteiger partial charge in [-0.25, -0.2) is 4.68 Å². The monoisotopic (exact) mass is 406 g/mol. The fourth-order valence-electron chi connectivity index (χ4n) is 2.79. The van der Waals surface area contributed by atoms with E-state index in [2.05, 4.69) is 15.7 Å². The predicted molar refractivity (Wildman–Crippen MR) is 110 cm³/mol. The van der Waals surface area contributed by atoms with Gasteiger partial charge >= 0.3 is 0 Å². The fraction of sp³-hybridized carbons (Fsp3) is 0.0952. The van der Waals surface area contributed by atoms with Crippen molar-refractivity contribution in [2.75, 3.05) is 13.1 Å². The second-order valence-electron chi connectivity index (χ2n) is 6.14. The van der Waals surface area contributed by atoms with Crippen LogP contribution < -0.4 is 10.6 Å². The number of carbonyl (C=O) groups is 2. The SMILES string of the molecule is O=C(NCCNC(=O)c1cn(-c2ccccc2)nc1-c1cccs1)c1ccco1. The van der Waals surface area contributed by atoms with E-state index >= 15 is 0 Å². The van der Waals surface area contributed by atoms with Crippen LogP contribution in [0.4, 0.5) is 0 Å². The van der Waals surface area contributed by atoms with Crippen molar-refractivity contribution >= 4 is 23.2 Å². The average molecular weight is 406 g/mol. The van der Waals surface area contributed by atoms with Crippen LogP contribution in [0.5, 0.6) is 0 Å². The third-order valence-corrected chi connectivity index (χ3v) is 5.05. The zero-order chi connectivity index (χ0) is 20.1. The van der Waals surface area contributed by atoms with Gasteiger partial charge in [-0.15, -0.1) is 11.3 Å². The highest BCUT2D eigenvalue weighted by Crippen LogP contribution is 2.27. The number of thiophene rings is 1. The van der Waals surface area contributed by atoms with Gasteiger partial charge in [0.05, 0.1) is 22.4 Å². The highest BCUT2D eigenvalue weighted by atomic mass is 32.1. The minimum Gasteiger partial charge on any atom is -0.459 e. The molecule has 0 unspecified atom stereocenters. The van der Waals surface area contributed by atoms with Gasteiger partial charge in [-0.05, 0) is 35.7 Å². The van der Waals surface area contributed by atoms with Crippen LogP contribution in [-0.2, 0) is 0 Å². The summed E-state index contributed by atoms with van der Waals surface area (Å²) in [5.74, 6) is -0.330. The number of benzene rings is 1. The van der Waals surface area contributed by atoms with Crippen LogP contribution in [0.2, 0.25) is 0 Å². The number of nitrogens with one attached hydrogen (secondary N) is 2. The normalized spacial score (nSPS) is 10.6. The molecule has 8 heteroatoms. The number of rotatable bonds is 7. The largest absolute Gasteiger partial charge is 0.459 e. The van der Waals surface area contributed by atoms with Gasteiger partial charge in [0.2, 0.25) is 0 Å². The zero-order valence-electron chi connectivity index (χ0n) is 15.4. The molecule has 2 N–H and O–H groups in total. The minimum atomic E-state index is -0.319. The van der Waals surface area contributed by atoms with Crippen molar-refractivity contribution in [1.82, 2.24) is 20.4 Å². The van der Waals surface area contributed by atoms with E-state index in [9.17, 15) is 9.59 Å². The van der Waals surface area contributed by atoms with Gasteiger partial charge in [0.1, 0.15) is 5.69 Å². The fourth-order valence-corrected chi connectivity index (χ4v) is 3.51. The lowest BCUT2D eigenvalue weighted by Crippen LogP contribution is -2.34. The Balaban J connectivity index is 1.45. The van der Waals surface area contributed by atoms with Crippen molar-refractivity contribution in [3.63, 3.8) is 0 Å². The van der Waals surface area contributed by atoms with Crippen LogP contribution in [0.3, 0.4) is 0 Å². The van der Waals surface area contributed by atoms with E-state index in [-0.39, 0.29) is 30.7 Å². The number of furan rings is 1. The molecule has 3 aromatic heterocycles. The molecule has 0 radical (unpaired) electrons. The van der Waals surface area contributed by atoms with E-state index in [1.165, 1.54) is 17.6 Å². The first-order valence-electron chi connectivity index (χ1n) is 9.01. The molecule has 4 rings (SSSR count). The molecule has 0 atom stereocenters. The Morgan fingerprint density at radius 1 is 0.966 bits per heavy atom. The summed E-state index contributed by atoms with van der Waals surface area (Å²) in [5, 5.41) is 12.1. The summed E-state index contributed by atoms with van der Waals surface area (Å²) >= 11 is 1.52. The summed E-state index contributed by atoms with van der Waals surface area (Å²) in [5.41, 5.74) is 1.98. The van der Waals surface area contributed by atoms with Gasteiger partial charge in [-0.3, -0.25) is 9.59 Å². The second-order valence-corrected chi connectivity index (χ2v) is 7.09. The lowest BCUT2D eigenvalue weighted by atomic mass is 10.2. The molecule has 0 bridgehead atoms. The van der Waals surface area contributed by atoms with E-state index in [0.717, 1.165) is 10.6 Å². The van der Waals surface area contributed by atoms with Gasteiger partial charge in [0.25, 0.3) is 11.8 Å². The Kier molecular flexibility index (Phi) is 5.53. The first-order valence-corrected chi connectivity index (χ1v) is 9.89. The Labute approximate surface area is 171 Å². The number of hydrogen-bond donors (Lipinski definition) is 2. The first kappa shape index (κ1) is 18.7. The first-order chi connectivity index (χ1) is 14.2. The van der Waals surface area contributed by atoms with Crippen LogP contribution in [0, 0.1) is 0 Å². The number of carbonyl (C=O) groups excluding carboxylic acids is 2. The van der Waals surface area contributed by atoms with E-state index in [0.29, 0.717) is 11.3 Å². The molecule has 0 spiro atoms. The Hall–Kier alpha value is -3.65. The van der Waals surface area contributed by atoms with Crippen LogP contribution in [0.25, 0.3) is 16.3 Å². The number of hydrogen-bond acceptors (Lipinski definition) is 5. The molecular formula is C21H18N4O3S. The van der Waals surface area contributed by atoms with Gasteiger partial charge in [-0.2, -0.15) is 5.10 Å².